The van der Waals surface area contributed by atoms with Gasteiger partial charge in [-0.1, -0.05) is 0 Å². The molecular weight excluding hydrogens is 230 g/mol. The van der Waals surface area contributed by atoms with Crippen LogP contribution in [-0.2, 0) is 10.0 Å². The number of nitrogens with zero attached hydrogens (tertiary/aromatic N) is 1. The van der Waals surface area contributed by atoms with Gasteiger partial charge in [-0.25, -0.2) is 13.4 Å². The minimum Gasteiger partial charge on any atom is -0.495 e. The second kappa shape index (κ2) is 4.69. The number of nitrogen functional groups attached to an aromatic ring is 1. The van der Waals surface area contributed by atoms with Crippen LogP contribution in [0.1, 0.15) is 0 Å². The molecule has 0 unspecified atom stereocenters. The highest BCUT2D eigenvalue weighted by Gasteiger charge is 2.19. The Balaban J connectivity index is 3.22. The zero-order valence-corrected chi connectivity index (χ0v) is 10.2. The molecule has 0 amide bonds. The summed E-state index contributed by atoms with van der Waals surface area (Å²) in [6.07, 6.45) is 0. The maximum absolute atomic E-state index is 11.9. The molecule has 0 saturated heterocycles. The van der Waals surface area contributed by atoms with E-state index in [1.807, 2.05) is 0 Å². The summed E-state index contributed by atoms with van der Waals surface area (Å²) < 4.78 is 28.7. The average Bonchev–Trinajstić information content (AvgIpc) is 2.15. The van der Waals surface area contributed by atoms with E-state index < -0.39 is 10.0 Å². The maximum Gasteiger partial charge on any atom is 0.257 e. The van der Waals surface area contributed by atoms with Gasteiger partial charge in [0.1, 0.15) is 10.6 Å². The molecule has 90 valence electrons. The molecule has 0 aliphatic rings. The number of hydrogen-bond donors (Lipinski definition) is 2. The molecule has 1 rings (SSSR count). The summed E-state index contributed by atoms with van der Waals surface area (Å²) in [6.45, 7) is 0. The Morgan fingerprint density at radius 1 is 1.38 bits per heavy atom. The molecule has 1 aromatic rings. The number of hydrazine groups is 1. The predicted octanol–water partition coefficient (Wildman–Crippen LogP) is 0.0323. The van der Waals surface area contributed by atoms with Crippen molar-refractivity contribution in [2.45, 2.75) is 4.90 Å². The number of benzene rings is 1. The molecule has 0 aromatic heterocycles. The lowest BCUT2D eigenvalue weighted by Gasteiger charge is -2.14. The molecule has 7 heteroatoms. The molecule has 16 heavy (non-hydrogen) atoms. The monoisotopic (exact) mass is 245 g/mol. The van der Waals surface area contributed by atoms with Crippen LogP contribution < -0.4 is 15.3 Å². The number of ether oxygens (including phenoxy) is 1. The Labute approximate surface area is 95.0 Å². The van der Waals surface area contributed by atoms with E-state index in [2.05, 4.69) is 4.83 Å². The first-order valence-electron chi connectivity index (χ1n) is 4.50. The van der Waals surface area contributed by atoms with Gasteiger partial charge in [0.15, 0.2) is 0 Å². The molecule has 0 fully saturated rings. The number of rotatable bonds is 4. The third-order valence-corrected chi connectivity index (χ3v) is 3.30. The van der Waals surface area contributed by atoms with E-state index in [9.17, 15) is 8.42 Å². The number of methoxy groups -OCH3 is 1. The summed E-state index contributed by atoms with van der Waals surface area (Å²) >= 11 is 0. The van der Waals surface area contributed by atoms with Gasteiger partial charge in [-0.15, -0.1) is 4.83 Å². The lowest BCUT2D eigenvalue weighted by molar-refractivity contribution is 0.360. The Kier molecular flexibility index (Phi) is 3.74. The predicted molar refractivity (Wildman–Crippen MR) is 61.4 cm³/mol. The van der Waals surface area contributed by atoms with Crippen LogP contribution in [0.2, 0.25) is 0 Å². The molecule has 0 heterocycles. The summed E-state index contributed by atoms with van der Waals surface area (Å²) in [6, 6.07) is 4.37. The van der Waals surface area contributed by atoms with Crippen molar-refractivity contribution in [3.8, 4) is 5.75 Å². The van der Waals surface area contributed by atoms with Crippen LogP contribution in [0.4, 0.5) is 5.69 Å². The average molecular weight is 245 g/mol. The van der Waals surface area contributed by atoms with Gasteiger partial charge in [0, 0.05) is 25.8 Å². The standard InChI is InChI=1S/C9H15N3O3S/c1-12(2)11-16(13,14)9-5-4-7(10)6-8(9)15-3/h4-6,11H,10H2,1-3H3. The lowest BCUT2D eigenvalue weighted by atomic mass is 10.3. The van der Waals surface area contributed by atoms with Crippen LogP contribution in [0.3, 0.4) is 0 Å². The number of sulfonamides is 1. The quantitative estimate of drug-likeness (QED) is 0.577. The number of hydrogen-bond acceptors (Lipinski definition) is 5. The SMILES string of the molecule is COc1cc(N)ccc1S(=O)(=O)NN(C)C. The largest absolute Gasteiger partial charge is 0.495 e. The third kappa shape index (κ3) is 2.84. The minimum atomic E-state index is -3.62. The van der Waals surface area contributed by atoms with Crippen molar-refractivity contribution in [3.05, 3.63) is 18.2 Å². The van der Waals surface area contributed by atoms with Crippen LogP contribution in [0.5, 0.6) is 5.75 Å². The molecule has 1 aromatic carbocycles. The van der Waals surface area contributed by atoms with Crippen molar-refractivity contribution < 1.29 is 13.2 Å². The summed E-state index contributed by atoms with van der Waals surface area (Å²) in [5.74, 6) is 0.217. The zero-order valence-electron chi connectivity index (χ0n) is 9.39. The lowest BCUT2D eigenvalue weighted by Crippen LogP contribution is -2.36. The van der Waals surface area contributed by atoms with Crippen LogP contribution in [-0.4, -0.2) is 34.6 Å². The summed E-state index contributed by atoms with van der Waals surface area (Å²) in [7, 11) is 0.938. The van der Waals surface area contributed by atoms with Crippen molar-refractivity contribution in [1.82, 2.24) is 9.84 Å². The van der Waals surface area contributed by atoms with E-state index >= 15 is 0 Å². The van der Waals surface area contributed by atoms with Crippen molar-refractivity contribution in [2.24, 2.45) is 0 Å². The van der Waals surface area contributed by atoms with Gasteiger partial charge < -0.3 is 10.5 Å². The van der Waals surface area contributed by atoms with E-state index in [0.29, 0.717) is 5.69 Å². The van der Waals surface area contributed by atoms with Crippen LogP contribution in [0.15, 0.2) is 23.1 Å². The van der Waals surface area contributed by atoms with Crippen LogP contribution >= 0.6 is 0 Å². The van der Waals surface area contributed by atoms with E-state index in [0.717, 1.165) is 0 Å². The Hall–Kier alpha value is -1.31. The second-order valence-corrected chi connectivity index (χ2v) is 5.03. The highest BCUT2D eigenvalue weighted by molar-refractivity contribution is 7.89. The zero-order chi connectivity index (χ0) is 12.3. The van der Waals surface area contributed by atoms with Crippen LogP contribution in [0, 0.1) is 0 Å². The van der Waals surface area contributed by atoms with Crippen molar-refractivity contribution in [2.75, 3.05) is 26.9 Å². The van der Waals surface area contributed by atoms with Gasteiger partial charge in [0.05, 0.1) is 7.11 Å². The summed E-state index contributed by atoms with van der Waals surface area (Å²) in [5, 5.41) is 1.34. The number of anilines is 1. The van der Waals surface area contributed by atoms with Gasteiger partial charge in [0.2, 0.25) is 0 Å². The topological polar surface area (TPSA) is 84.7 Å². The molecule has 3 N–H and O–H groups in total. The fourth-order valence-corrected chi connectivity index (χ4v) is 2.43. The fraction of sp³-hybridized carbons (Fsp3) is 0.333. The number of nitrogens with one attached hydrogen (secondary N) is 1. The van der Waals surface area contributed by atoms with Gasteiger partial charge >= 0.3 is 0 Å². The molecule has 0 spiro atoms. The van der Waals surface area contributed by atoms with E-state index in [4.69, 9.17) is 10.5 Å². The highest BCUT2D eigenvalue weighted by Crippen LogP contribution is 2.25. The fourth-order valence-electron chi connectivity index (χ4n) is 1.20. The maximum atomic E-state index is 11.9. The van der Waals surface area contributed by atoms with Crippen LogP contribution in [0.25, 0.3) is 0 Å². The van der Waals surface area contributed by atoms with Gasteiger partial charge in [-0.2, -0.15) is 0 Å². The van der Waals surface area contributed by atoms with Gasteiger partial charge in [-0.3, -0.25) is 0 Å². The second-order valence-electron chi connectivity index (χ2n) is 3.40. The van der Waals surface area contributed by atoms with Crippen molar-refractivity contribution in [3.63, 3.8) is 0 Å². The molecule has 0 atom stereocenters. The molecule has 0 aliphatic heterocycles. The Morgan fingerprint density at radius 2 is 2.00 bits per heavy atom. The molecule has 0 saturated carbocycles. The number of nitrogens with two attached hydrogens (primary N) is 1. The van der Waals surface area contributed by atoms with Crippen molar-refractivity contribution in [1.29, 1.82) is 0 Å². The first kappa shape index (κ1) is 12.8. The van der Waals surface area contributed by atoms with Crippen molar-refractivity contribution >= 4 is 15.7 Å². The summed E-state index contributed by atoms with van der Waals surface area (Å²) in [5.41, 5.74) is 5.99. The molecule has 0 aliphatic carbocycles. The Bertz CT molecular complexity index is 471. The molecule has 6 nitrogen and oxygen atoms in total. The first-order valence-corrected chi connectivity index (χ1v) is 5.98. The highest BCUT2D eigenvalue weighted by atomic mass is 32.2. The van der Waals surface area contributed by atoms with Gasteiger partial charge in [-0.05, 0) is 12.1 Å². The third-order valence-electron chi connectivity index (χ3n) is 1.78. The van der Waals surface area contributed by atoms with E-state index in [-0.39, 0.29) is 10.6 Å². The van der Waals surface area contributed by atoms with E-state index in [1.54, 1.807) is 14.1 Å². The normalized spacial score (nSPS) is 11.8. The summed E-state index contributed by atoms with van der Waals surface area (Å²) in [4.78, 5) is 2.37. The molecule has 0 bridgehead atoms. The Morgan fingerprint density at radius 3 is 2.50 bits per heavy atom. The van der Waals surface area contributed by atoms with E-state index in [1.165, 1.54) is 30.3 Å². The molecule has 0 radical (unpaired) electrons. The minimum absolute atomic E-state index is 0.0536. The first-order chi connectivity index (χ1) is 7.36. The van der Waals surface area contributed by atoms with Gasteiger partial charge in [0.25, 0.3) is 10.0 Å². The smallest absolute Gasteiger partial charge is 0.257 e. The molecular formula is C9H15N3O3S.